The summed E-state index contributed by atoms with van der Waals surface area (Å²) in [6, 6.07) is 19.3. The van der Waals surface area contributed by atoms with Gasteiger partial charge in [0, 0.05) is 18.0 Å². The smallest absolute Gasteiger partial charge is 0.304 e. The van der Waals surface area contributed by atoms with Crippen molar-refractivity contribution < 1.29 is 27.8 Å². The molecule has 0 saturated carbocycles. The van der Waals surface area contributed by atoms with Crippen LogP contribution >= 0.6 is 0 Å². The average molecular weight is 535 g/mol. The molecular formula is C29H30N2O6S. The van der Waals surface area contributed by atoms with E-state index in [0.29, 0.717) is 34.6 Å². The zero-order valence-electron chi connectivity index (χ0n) is 21.5. The minimum atomic E-state index is -3.84. The molecule has 2 atom stereocenters. The number of nitrogens with zero attached hydrogens (tertiary/aromatic N) is 2. The van der Waals surface area contributed by atoms with Crippen molar-refractivity contribution in [3.05, 3.63) is 88.5 Å². The number of aryl methyl sites for hydroxylation is 1. The number of carboxylic acids is 1. The number of benzene rings is 3. The fourth-order valence-corrected chi connectivity index (χ4v) is 6.29. The van der Waals surface area contributed by atoms with Crippen molar-refractivity contribution in [3.8, 4) is 17.6 Å². The van der Waals surface area contributed by atoms with Gasteiger partial charge in [-0.3, -0.25) is 4.79 Å². The van der Waals surface area contributed by atoms with E-state index in [1.807, 2.05) is 32.0 Å². The second-order valence-corrected chi connectivity index (χ2v) is 11.2. The predicted octanol–water partition coefficient (Wildman–Crippen LogP) is 4.84. The Labute approximate surface area is 223 Å². The zero-order valence-corrected chi connectivity index (χ0v) is 22.4. The molecule has 8 nitrogen and oxygen atoms in total. The molecule has 198 valence electrons. The van der Waals surface area contributed by atoms with Gasteiger partial charge in [-0.1, -0.05) is 43.3 Å². The van der Waals surface area contributed by atoms with E-state index in [4.69, 9.17) is 9.47 Å². The van der Waals surface area contributed by atoms with Gasteiger partial charge in [-0.05, 0) is 54.3 Å². The van der Waals surface area contributed by atoms with Crippen molar-refractivity contribution in [2.24, 2.45) is 0 Å². The normalized spacial score (nSPS) is 17.4. The first-order valence-electron chi connectivity index (χ1n) is 12.3. The molecule has 1 aliphatic rings. The molecule has 1 unspecified atom stereocenters. The lowest BCUT2D eigenvalue weighted by atomic mass is 9.86. The third-order valence-corrected chi connectivity index (χ3v) is 8.71. The number of methoxy groups -OCH3 is 1. The number of hydrogen-bond donors (Lipinski definition) is 1. The number of aliphatic carboxylic acids is 1. The van der Waals surface area contributed by atoms with Gasteiger partial charge in [0.15, 0.2) is 0 Å². The van der Waals surface area contributed by atoms with E-state index in [0.717, 1.165) is 11.1 Å². The number of hydrogen-bond acceptors (Lipinski definition) is 6. The van der Waals surface area contributed by atoms with E-state index in [1.165, 1.54) is 11.4 Å². The lowest BCUT2D eigenvalue weighted by Crippen LogP contribution is -2.36. The molecule has 1 aliphatic heterocycles. The number of ether oxygens (including phenoxy) is 2. The second-order valence-electron chi connectivity index (χ2n) is 9.30. The monoisotopic (exact) mass is 534 g/mol. The molecule has 0 spiro atoms. The molecule has 38 heavy (non-hydrogen) atoms. The van der Waals surface area contributed by atoms with Gasteiger partial charge in [0.25, 0.3) is 0 Å². The molecular weight excluding hydrogens is 504 g/mol. The van der Waals surface area contributed by atoms with E-state index in [1.54, 1.807) is 42.5 Å². The highest BCUT2D eigenvalue weighted by atomic mass is 32.2. The summed E-state index contributed by atoms with van der Waals surface area (Å²) in [5, 5.41) is 19.0. The van der Waals surface area contributed by atoms with Crippen molar-refractivity contribution in [2.75, 3.05) is 13.7 Å². The van der Waals surface area contributed by atoms with Crippen LogP contribution in [0.2, 0.25) is 0 Å². The van der Waals surface area contributed by atoms with Gasteiger partial charge < -0.3 is 14.6 Å². The first kappa shape index (κ1) is 27.2. The van der Waals surface area contributed by atoms with Crippen molar-refractivity contribution in [1.29, 1.82) is 5.26 Å². The van der Waals surface area contributed by atoms with Crippen LogP contribution in [0.15, 0.2) is 65.6 Å². The van der Waals surface area contributed by atoms with Crippen LogP contribution in [0.3, 0.4) is 0 Å². The van der Waals surface area contributed by atoms with Gasteiger partial charge in [0.2, 0.25) is 10.0 Å². The molecule has 0 aromatic heterocycles. The molecule has 3 aromatic rings. The van der Waals surface area contributed by atoms with Crippen LogP contribution in [0.4, 0.5) is 0 Å². The Kier molecular flexibility index (Phi) is 8.05. The number of fused-ring (bicyclic) bond motifs is 1. The maximum atomic E-state index is 13.7. The van der Waals surface area contributed by atoms with Crippen LogP contribution < -0.4 is 9.47 Å². The SMILES string of the molecule is CC[C@@H]1CN(Cc2cc(C(CC(=O)O)c3ccc(C#N)cc3OC)ccc2C)S(=O)(=O)c2ccccc2O1. The van der Waals surface area contributed by atoms with E-state index in [-0.39, 0.29) is 30.5 Å². The number of sulfonamides is 1. The first-order chi connectivity index (χ1) is 18.2. The Hall–Kier alpha value is -3.87. The molecule has 0 saturated heterocycles. The molecule has 1 N–H and O–H groups in total. The fraction of sp³-hybridized carbons (Fsp3) is 0.310. The second kappa shape index (κ2) is 11.3. The highest BCUT2D eigenvalue weighted by molar-refractivity contribution is 7.89. The minimum absolute atomic E-state index is 0.112. The summed E-state index contributed by atoms with van der Waals surface area (Å²) in [4.78, 5) is 12.0. The van der Waals surface area contributed by atoms with Crippen LogP contribution in [0.25, 0.3) is 0 Å². The Bertz CT molecular complexity index is 1500. The Balaban J connectivity index is 1.76. The van der Waals surface area contributed by atoms with Gasteiger partial charge in [-0.15, -0.1) is 0 Å². The highest BCUT2D eigenvalue weighted by Gasteiger charge is 2.34. The van der Waals surface area contributed by atoms with Gasteiger partial charge >= 0.3 is 5.97 Å². The highest BCUT2D eigenvalue weighted by Crippen LogP contribution is 2.37. The fourth-order valence-electron chi connectivity index (χ4n) is 4.72. The summed E-state index contributed by atoms with van der Waals surface area (Å²) >= 11 is 0. The van der Waals surface area contributed by atoms with Gasteiger partial charge in [-0.2, -0.15) is 9.57 Å². The Morgan fingerprint density at radius 1 is 1.21 bits per heavy atom. The molecule has 0 radical (unpaired) electrons. The van der Waals surface area contributed by atoms with Crippen LogP contribution in [-0.2, 0) is 21.4 Å². The number of rotatable bonds is 8. The summed E-state index contributed by atoms with van der Waals surface area (Å²) in [6.45, 7) is 4.16. The van der Waals surface area contributed by atoms with Crippen molar-refractivity contribution >= 4 is 16.0 Å². The summed E-state index contributed by atoms with van der Waals surface area (Å²) in [7, 11) is -2.36. The van der Waals surface area contributed by atoms with Crippen LogP contribution in [-0.4, -0.2) is 43.6 Å². The number of carboxylic acid groups (broad SMARTS) is 1. The summed E-state index contributed by atoms with van der Waals surface area (Å²) < 4.78 is 40.3. The maximum absolute atomic E-state index is 13.7. The molecule has 0 amide bonds. The molecule has 0 aliphatic carbocycles. The standard InChI is InChI=1S/C29H30N2O6S/c1-4-23-18-31(38(34,35)28-8-6-5-7-26(28)37-23)17-22-14-21(11-9-19(22)2)25(15-29(32)33)24-12-10-20(16-30)13-27(24)36-3/h5-14,23,25H,4,15,17-18H2,1-3H3,(H,32,33)/t23-,25?/m1/s1. The van der Waals surface area contributed by atoms with Crippen LogP contribution in [0.5, 0.6) is 11.5 Å². The Morgan fingerprint density at radius 2 is 1.97 bits per heavy atom. The average Bonchev–Trinajstić information content (AvgIpc) is 3.01. The summed E-state index contributed by atoms with van der Waals surface area (Å²) in [6.07, 6.45) is 0.129. The van der Waals surface area contributed by atoms with E-state index in [2.05, 4.69) is 6.07 Å². The van der Waals surface area contributed by atoms with Crippen molar-refractivity contribution in [1.82, 2.24) is 4.31 Å². The van der Waals surface area contributed by atoms with E-state index < -0.39 is 21.9 Å². The van der Waals surface area contributed by atoms with Crippen molar-refractivity contribution in [3.63, 3.8) is 0 Å². The third-order valence-electron chi connectivity index (χ3n) is 6.86. The molecule has 0 bridgehead atoms. The zero-order chi connectivity index (χ0) is 27.4. The molecule has 1 heterocycles. The largest absolute Gasteiger partial charge is 0.496 e. The van der Waals surface area contributed by atoms with Crippen molar-refractivity contribution in [2.45, 2.75) is 50.2 Å². The quantitative estimate of drug-likeness (QED) is 0.439. The number of nitriles is 1. The topological polar surface area (TPSA) is 117 Å². The number of carbonyl (C=O) groups is 1. The molecule has 3 aromatic carbocycles. The first-order valence-corrected chi connectivity index (χ1v) is 13.8. The van der Waals surface area contributed by atoms with Gasteiger partial charge in [0.1, 0.15) is 22.5 Å². The summed E-state index contributed by atoms with van der Waals surface area (Å²) in [5.41, 5.74) is 3.41. The lowest BCUT2D eigenvalue weighted by molar-refractivity contribution is -0.137. The molecule has 9 heteroatoms. The maximum Gasteiger partial charge on any atom is 0.304 e. The van der Waals surface area contributed by atoms with E-state index in [9.17, 15) is 23.6 Å². The van der Waals surface area contributed by atoms with E-state index >= 15 is 0 Å². The Morgan fingerprint density at radius 3 is 2.66 bits per heavy atom. The minimum Gasteiger partial charge on any atom is -0.496 e. The van der Waals surface area contributed by atoms with Crippen LogP contribution in [0, 0.1) is 18.3 Å². The van der Waals surface area contributed by atoms with Gasteiger partial charge in [-0.25, -0.2) is 8.42 Å². The lowest BCUT2D eigenvalue weighted by Gasteiger charge is -2.25. The third kappa shape index (κ3) is 5.52. The predicted molar refractivity (Wildman–Crippen MR) is 142 cm³/mol. The summed E-state index contributed by atoms with van der Waals surface area (Å²) in [5.74, 6) is -0.783. The number of para-hydroxylation sites is 1. The van der Waals surface area contributed by atoms with Crippen LogP contribution in [0.1, 0.15) is 53.5 Å². The molecule has 4 rings (SSSR count). The molecule has 0 fully saturated rings. The van der Waals surface area contributed by atoms with Gasteiger partial charge in [0.05, 0.1) is 31.7 Å².